The van der Waals surface area contributed by atoms with Crippen LogP contribution in [0, 0.1) is 0 Å². The highest BCUT2D eigenvalue weighted by atomic mass is 32.2. The predicted octanol–water partition coefficient (Wildman–Crippen LogP) is 0.597. The predicted molar refractivity (Wildman–Crippen MR) is 79.9 cm³/mol. The second-order valence-electron chi connectivity index (χ2n) is 5.59. The molecule has 9 heteroatoms. The number of nitrogens with two attached hydrogens (primary N) is 1. The smallest absolute Gasteiger partial charge is 0.243 e. The molecule has 1 aromatic carbocycles. The molecule has 0 spiro atoms. The minimum atomic E-state index is -3.86. The molecule has 0 aliphatic heterocycles. The Morgan fingerprint density at radius 1 is 1.19 bits per heavy atom. The number of nitrogen functional groups attached to an aromatic ring is 1. The Bertz CT molecular complexity index is 753. The third-order valence-electron chi connectivity index (χ3n) is 3.66. The first kappa shape index (κ1) is 16.2. The SMILES string of the molecule is CC1(NS(=O)(=O)c2cc(S(C)(=O)=O)ccc2NN)CCC1. The molecule has 0 aromatic heterocycles. The lowest BCUT2D eigenvalue weighted by Gasteiger charge is -2.38. The summed E-state index contributed by atoms with van der Waals surface area (Å²) in [6, 6.07) is 3.78. The summed E-state index contributed by atoms with van der Waals surface area (Å²) in [5.74, 6) is 5.33. The maximum atomic E-state index is 12.5. The molecular formula is C12H19N3O4S2. The van der Waals surface area contributed by atoms with Crippen LogP contribution in [0.25, 0.3) is 0 Å². The summed E-state index contributed by atoms with van der Waals surface area (Å²) in [4.78, 5) is -0.235. The number of sulfonamides is 1. The molecule has 1 saturated carbocycles. The second-order valence-corrected chi connectivity index (χ2v) is 9.26. The van der Waals surface area contributed by atoms with Gasteiger partial charge in [0.1, 0.15) is 4.90 Å². The molecule has 0 bridgehead atoms. The Morgan fingerprint density at radius 3 is 2.24 bits per heavy atom. The largest absolute Gasteiger partial charge is 0.323 e. The third kappa shape index (κ3) is 3.37. The standard InChI is InChI=1S/C12H19N3O4S2/c1-12(6-3-7-12)15-21(18,19)11-8-9(20(2,16)17)4-5-10(11)14-13/h4-5,8,14-15H,3,6-7,13H2,1-2H3. The van der Waals surface area contributed by atoms with Crippen molar-refractivity contribution in [3.8, 4) is 0 Å². The zero-order valence-corrected chi connectivity index (χ0v) is 13.5. The number of hydrazine groups is 1. The van der Waals surface area contributed by atoms with E-state index in [9.17, 15) is 16.8 Å². The molecule has 0 amide bonds. The highest BCUT2D eigenvalue weighted by Gasteiger charge is 2.37. The topological polar surface area (TPSA) is 118 Å². The molecule has 21 heavy (non-hydrogen) atoms. The van der Waals surface area contributed by atoms with E-state index >= 15 is 0 Å². The van der Waals surface area contributed by atoms with E-state index in [2.05, 4.69) is 10.1 Å². The van der Waals surface area contributed by atoms with E-state index in [-0.39, 0.29) is 15.5 Å². The average molecular weight is 333 g/mol. The van der Waals surface area contributed by atoms with Gasteiger partial charge in [-0.15, -0.1) is 0 Å². The van der Waals surface area contributed by atoms with Gasteiger partial charge >= 0.3 is 0 Å². The van der Waals surface area contributed by atoms with Crippen molar-refractivity contribution in [2.24, 2.45) is 5.84 Å². The van der Waals surface area contributed by atoms with E-state index in [0.717, 1.165) is 31.6 Å². The van der Waals surface area contributed by atoms with Gasteiger partial charge in [-0.25, -0.2) is 21.6 Å². The Labute approximate surface area is 124 Å². The van der Waals surface area contributed by atoms with Gasteiger partial charge in [0.05, 0.1) is 10.6 Å². The van der Waals surface area contributed by atoms with Crippen molar-refractivity contribution in [3.05, 3.63) is 18.2 Å². The number of hydrogen-bond donors (Lipinski definition) is 3. The zero-order chi connectivity index (χ0) is 15.9. The fourth-order valence-electron chi connectivity index (χ4n) is 2.26. The van der Waals surface area contributed by atoms with Crippen LogP contribution < -0.4 is 16.0 Å². The van der Waals surface area contributed by atoms with Crippen molar-refractivity contribution >= 4 is 25.5 Å². The second kappa shape index (κ2) is 5.24. The van der Waals surface area contributed by atoms with Gasteiger partial charge in [0.2, 0.25) is 10.0 Å². The summed E-state index contributed by atoms with van der Waals surface area (Å²) in [6.07, 6.45) is 3.49. The maximum absolute atomic E-state index is 12.5. The van der Waals surface area contributed by atoms with E-state index in [1.807, 2.05) is 6.92 Å². The number of hydrogen-bond acceptors (Lipinski definition) is 6. The highest BCUT2D eigenvalue weighted by molar-refractivity contribution is 7.91. The van der Waals surface area contributed by atoms with Gasteiger partial charge < -0.3 is 5.43 Å². The summed E-state index contributed by atoms with van der Waals surface area (Å²) < 4.78 is 50.8. The van der Waals surface area contributed by atoms with E-state index in [1.54, 1.807) is 0 Å². The van der Waals surface area contributed by atoms with E-state index in [0.29, 0.717) is 0 Å². The lowest BCUT2D eigenvalue weighted by Crippen LogP contribution is -2.50. The van der Waals surface area contributed by atoms with Crippen molar-refractivity contribution in [1.29, 1.82) is 0 Å². The lowest BCUT2D eigenvalue weighted by molar-refractivity contribution is 0.248. The number of rotatable bonds is 5. The van der Waals surface area contributed by atoms with Gasteiger partial charge in [-0.2, -0.15) is 0 Å². The van der Waals surface area contributed by atoms with Crippen LogP contribution in [0.15, 0.2) is 28.0 Å². The lowest BCUT2D eigenvalue weighted by atomic mass is 9.80. The van der Waals surface area contributed by atoms with Crippen LogP contribution in [0.5, 0.6) is 0 Å². The number of anilines is 1. The summed E-state index contributed by atoms with van der Waals surface area (Å²) in [7, 11) is -7.37. The highest BCUT2D eigenvalue weighted by Crippen LogP contribution is 2.34. The number of benzene rings is 1. The molecule has 7 nitrogen and oxygen atoms in total. The Balaban J connectivity index is 2.50. The van der Waals surface area contributed by atoms with Gasteiger partial charge in [-0.1, -0.05) is 0 Å². The monoisotopic (exact) mass is 333 g/mol. The normalized spacial score (nSPS) is 18.0. The fraction of sp³-hybridized carbons (Fsp3) is 0.500. The molecule has 0 saturated heterocycles. The minimum Gasteiger partial charge on any atom is -0.323 e. The molecule has 0 radical (unpaired) electrons. The Hall–Kier alpha value is -1.16. The molecule has 0 atom stereocenters. The van der Waals surface area contributed by atoms with Crippen LogP contribution in [0.1, 0.15) is 26.2 Å². The first-order chi connectivity index (χ1) is 9.57. The summed E-state index contributed by atoms with van der Waals surface area (Å²) in [6.45, 7) is 1.82. The van der Waals surface area contributed by atoms with E-state index in [4.69, 9.17) is 5.84 Å². The molecule has 1 aliphatic carbocycles. The van der Waals surface area contributed by atoms with Crippen molar-refractivity contribution in [3.63, 3.8) is 0 Å². The fourth-order valence-corrected chi connectivity index (χ4v) is 4.65. The first-order valence-corrected chi connectivity index (χ1v) is 9.80. The molecule has 118 valence electrons. The molecule has 0 unspecified atom stereocenters. The number of nitrogens with one attached hydrogen (secondary N) is 2. The Morgan fingerprint density at radius 2 is 1.81 bits per heavy atom. The van der Waals surface area contributed by atoms with Gasteiger partial charge in [0.25, 0.3) is 0 Å². The van der Waals surface area contributed by atoms with Gasteiger partial charge in [0.15, 0.2) is 9.84 Å². The molecule has 1 aliphatic rings. The Kier molecular flexibility index (Phi) is 4.04. The van der Waals surface area contributed by atoms with E-state index < -0.39 is 25.4 Å². The molecule has 2 rings (SSSR count). The van der Waals surface area contributed by atoms with E-state index in [1.165, 1.54) is 12.1 Å². The van der Waals surface area contributed by atoms with Gasteiger partial charge in [0, 0.05) is 11.8 Å². The van der Waals surface area contributed by atoms with Gasteiger partial charge in [-0.3, -0.25) is 5.84 Å². The average Bonchev–Trinajstić information content (AvgIpc) is 2.34. The van der Waals surface area contributed by atoms with Crippen molar-refractivity contribution in [2.75, 3.05) is 11.7 Å². The van der Waals surface area contributed by atoms with Crippen LogP contribution in [0.3, 0.4) is 0 Å². The molecule has 1 aromatic rings. The van der Waals surface area contributed by atoms with Crippen LogP contribution in [-0.2, 0) is 19.9 Å². The zero-order valence-electron chi connectivity index (χ0n) is 11.9. The van der Waals surface area contributed by atoms with Crippen LogP contribution >= 0.6 is 0 Å². The molecule has 4 N–H and O–H groups in total. The maximum Gasteiger partial charge on any atom is 0.243 e. The third-order valence-corrected chi connectivity index (χ3v) is 6.45. The first-order valence-electron chi connectivity index (χ1n) is 6.42. The quantitative estimate of drug-likeness (QED) is 0.536. The van der Waals surface area contributed by atoms with Crippen molar-refractivity contribution in [1.82, 2.24) is 4.72 Å². The minimum absolute atomic E-state index is 0.0689. The van der Waals surface area contributed by atoms with Gasteiger partial charge in [-0.05, 0) is 44.4 Å². The van der Waals surface area contributed by atoms with Crippen LogP contribution in [0.2, 0.25) is 0 Å². The summed E-state index contributed by atoms with van der Waals surface area (Å²) in [5.41, 5.74) is 1.96. The van der Waals surface area contributed by atoms with Crippen molar-refractivity contribution < 1.29 is 16.8 Å². The number of sulfone groups is 1. The molecule has 1 fully saturated rings. The molecular weight excluding hydrogens is 314 g/mol. The summed E-state index contributed by atoms with van der Waals surface area (Å²) >= 11 is 0. The van der Waals surface area contributed by atoms with Crippen LogP contribution in [0.4, 0.5) is 5.69 Å². The summed E-state index contributed by atoms with van der Waals surface area (Å²) in [5, 5.41) is 0. The molecule has 0 heterocycles. The van der Waals surface area contributed by atoms with Crippen LogP contribution in [-0.4, -0.2) is 28.6 Å². The van der Waals surface area contributed by atoms with Crippen molar-refractivity contribution in [2.45, 2.75) is 41.5 Å².